The second-order valence-electron chi connectivity index (χ2n) is 15.7. The first-order valence-corrected chi connectivity index (χ1v) is 31.0. The predicted octanol–water partition coefficient (Wildman–Crippen LogP) is 11.1. The molecule has 0 saturated heterocycles. The van der Waals surface area contributed by atoms with Gasteiger partial charge in [0, 0.05) is 24.2 Å². The molecular weight excluding hydrogens is 540 g/mol. The topological polar surface area (TPSA) is 0 Å². The molecule has 2 aromatic rings. The summed E-state index contributed by atoms with van der Waals surface area (Å²) < 4.78 is 0. The van der Waals surface area contributed by atoms with Crippen molar-refractivity contribution in [3.8, 4) is 0 Å². The van der Waals surface area contributed by atoms with Crippen molar-refractivity contribution in [3.05, 3.63) is 60.7 Å². The summed E-state index contributed by atoms with van der Waals surface area (Å²) in [6, 6.07) is 33.9. The van der Waals surface area contributed by atoms with Crippen LogP contribution in [0.5, 0.6) is 0 Å². The number of rotatable bonds is 18. The molecule has 0 amide bonds. The molecule has 0 aromatic heterocycles. The quantitative estimate of drug-likeness (QED) is 0.118. The van der Waals surface area contributed by atoms with Crippen LogP contribution in [0, 0.1) is 0 Å². The van der Waals surface area contributed by atoms with Crippen LogP contribution in [0.1, 0.15) is 25.7 Å². The average Bonchev–Trinajstić information content (AvgIpc) is 2.80. The SMILES string of the molecule is C[Si](C)(C)CCC[Si](CCCP(c1ccccc1)c1ccccc1)(CCC[Si](C)(C)C)CCC[Si](C)(C)C. The monoisotopic (exact) mass is 600 g/mol. The maximum Gasteiger partial charge on any atom is 0.0535 e. The van der Waals surface area contributed by atoms with Crippen LogP contribution in [0.25, 0.3) is 0 Å². The third-order valence-corrected chi connectivity index (χ3v) is 22.0. The maximum atomic E-state index is 2.58. The molecule has 0 radical (unpaired) electrons. The van der Waals surface area contributed by atoms with E-state index in [1.165, 1.54) is 50.0 Å². The Morgan fingerprint density at radius 2 is 0.737 bits per heavy atom. The summed E-state index contributed by atoms with van der Waals surface area (Å²) in [5.74, 6) is 0. The van der Waals surface area contributed by atoms with Gasteiger partial charge in [-0.25, -0.2) is 0 Å². The van der Waals surface area contributed by atoms with E-state index in [0.29, 0.717) is 0 Å². The van der Waals surface area contributed by atoms with Crippen molar-refractivity contribution in [3.63, 3.8) is 0 Å². The first-order chi connectivity index (χ1) is 17.7. The molecule has 2 rings (SSSR count). The van der Waals surface area contributed by atoms with Crippen LogP contribution < -0.4 is 10.6 Å². The Hall–Kier alpha value is -0.262. The number of hydrogen-bond acceptors (Lipinski definition) is 0. The van der Waals surface area contributed by atoms with Gasteiger partial charge in [-0.15, -0.1) is 0 Å². The molecule has 5 heteroatoms. The lowest BCUT2D eigenvalue weighted by Gasteiger charge is -2.35. The molecule has 2 aromatic carbocycles. The zero-order valence-electron chi connectivity index (χ0n) is 26.7. The zero-order valence-corrected chi connectivity index (χ0v) is 31.6. The molecule has 0 bridgehead atoms. The van der Waals surface area contributed by atoms with Gasteiger partial charge in [-0.1, -0.05) is 188 Å². The van der Waals surface area contributed by atoms with Crippen LogP contribution in [0.15, 0.2) is 60.7 Å². The second kappa shape index (κ2) is 15.7. The van der Waals surface area contributed by atoms with Crippen molar-refractivity contribution in [2.24, 2.45) is 0 Å². The fourth-order valence-corrected chi connectivity index (χ4v) is 18.6. The van der Waals surface area contributed by atoms with Crippen molar-refractivity contribution < 1.29 is 0 Å². The van der Waals surface area contributed by atoms with Gasteiger partial charge in [-0.3, -0.25) is 0 Å². The first kappa shape index (κ1) is 33.9. The molecule has 0 aliphatic rings. The molecule has 0 heterocycles. The Morgan fingerprint density at radius 3 is 1.05 bits per heavy atom. The molecule has 214 valence electrons. The van der Waals surface area contributed by atoms with Crippen molar-refractivity contribution in [2.45, 2.75) is 127 Å². The fourth-order valence-electron chi connectivity index (χ4n) is 5.97. The van der Waals surface area contributed by atoms with Gasteiger partial charge in [-0.2, -0.15) is 0 Å². The molecule has 0 spiro atoms. The van der Waals surface area contributed by atoms with Crippen molar-refractivity contribution in [2.75, 3.05) is 6.16 Å². The molecule has 0 aliphatic carbocycles. The third-order valence-electron chi connectivity index (χ3n) is 8.13. The van der Waals surface area contributed by atoms with Crippen LogP contribution >= 0.6 is 7.92 Å². The highest BCUT2D eigenvalue weighted by Gasteiger charge is 2.33. The Labute approximate surface area is 243 Å². The van der Waals surface area contributed by atoms with Crippen LogP contribution in [0.3, 0.4) is 0 Å². The van der Waals surface area contributed by atoms with Gasteiger partial charge in [0.15, 0.2) is 0 Å². The van der Waals surface area contributed by atoms with Gasteiger partial charge in [0.25, 0.3) is 0 Å². The molecular formula is C33H61PSi4. The molecule has 0 atom stereocenters. The minimum atomic E-state index is -1.29. The van der Waals surface area contributed by atoms with E-state index < -0.39 is 32.3 Å². The molecule has 0 saturated carbocycles. The van der Waals surface area contributed by atoms with Gasteiger partial charge < -0.3 is 0 Å². The summed E-state index contributed by atoms with van der Waals surface area (Å²) in [5, 5.41) is 3.13. The summed E-state index contributed by atoms with van der Waals surface area (Å²) >= 11 is 0. The average molecular weight is 601 g/mol. The lowest BCUT2D eigenvalue weighted by atomic mass is 10.4. The van der Waals surface area contributed by atoms with E-state index >= 15 is 0 Å². The van der Waals surface area contributed by atoms with E-state index in [4.69, 9.17) is 0 Å². The van der Waals surface area contributed by atoms with E-state index in [2.05, 4.69) is 120 Å². The highest BCUT2D eigenvalue weighted by Crippen LogP contribution is 2.40. The minimum absolute atomic E-state index is 0.255. The van der Waals surface area contributed by atoms with E-state index in [-0.39, 0.29) is 7.92 Å². The summed E-state index contributed by atoms with van der Waals surface area (Å²) in [7, 11) is -4.47. The molecule has 38 heavy (non-hydrogen) atoms. The van der Waals surface area contributed by atoms with Gasteiger partial charge in [0.05, 0.1) is 8.07 Å². The first-order valence-electron chi connectivity index (χ1n) is 15.6. The second-order valence-corrected chi connectivity index (χ2v) is 39.9. The van der Waals surface area contributed by atoms with Gasteiger partial charge in [-0.05, 0) is 24.7 Å². The van der Waals surface area contributed by atoms with E-state index in [1.807, 2.05) is 0 Å². The summed E-state index contributed by atoms with van der Waals surface area (Å²) in [6.45, 7) is 23.2. The lowest BCUT2D eigenvalue weighted by molar-refractivity contribution is 0.868. The van der Waals surface area contributed by atoms with Crippen molar-refractivity contribution in [1.29, 1.82) is 0 Å². The molecule has 0 nitrogen and oxygen atoms in total. The van der Waals surface area contributed by atoms with Crippen LogP contribution in [-0.4, -0.2) is 38.5 Å². The third kappa shape index (κ3) is 14.4. The number of hydrogen-bond donors (Lipinski definition) is 0. The summed E-state index contributed by atoms with van der Waals surface area (Å²) in [4.78, 5) is 0. The van der Waals surface area contributed by atoms with Crippen molar-refractivity contribution >= 4 is 50.8 Å². The van der Waals surface area contributed by atoms with Crippen LogP contribution in [0.2, 0.25) is 101 Å². The predicted molar refractivity (Wildman–Crippen MR) is 192 cm³/mol. The van der Waals surface area contributed by atoms with Crippen LogP contribution in [0.4, 0.5) is 0 Å². The van der Waals surface area contributed by atoms with E-state index in [0.717, 1.165) is 0 Å². The Kier molecular flexibility index (Phi) is 14.0. The highest BCUT2D eigenvalue weighted by atomic mass is 31.1. The molecule has 0 aliphatic heterocycles. The summed E-state index contributed by atoms with van der Waals surface area (Å²) in [6.07, 6.45) is 7.37. The highest BCUT2D eigenvalue weighted by molar-refractivity contribution is 7.73. The molecule has 0 fully saturated rings. The smallest absolute Gasteiger partial charge is 0.0535 e. The van der Waals surface area contributed by atoms with E-state index in [9.17, 15) is 0 Å². The number of benzene rings is 2. The molecule has 0 unspecified atom stereocenters. The largest absolute Gasteiger partial charge is 0.0695 e. The normalized spacial score (nSPS) is 13.3. The Bertz CT molecular complexity index is 805. The Balaban J connectivity index is 2.23. The Morgan fingerprint density at radius 1 is 0.421 bits per heavy atom. The van der Waals surface area contributed by atoms with E-state index in [1.54, 1.807) is 34.8 Å². The standard InChI is InChI=1S/C33H61PSi4/c1-35(2,3)25-17-29-38(30-18-26-36(4,5)6,31-19-27-37(7,8)9)28-16-24-34(32-20-12-10-13-21-32)33-22-14-11-15-23-33/h10-15,20-23H,16-19,24-31H2,1-9H3. The summed E-state index contributed by atoms with van der Waals surface area (Å²) in [5.41, 5.74) is 0. The minimum Gasteiger partial charge on any atom is -0.0695 e. The lowest BCUT2D eigenvalue weighted by Crippen LogP contribution is -2.36. The van der Waals surface area contributed by atoms with Gasteiger partial charge in [0.1, 0.15) is 0 Å². The fraction of sp³-hybridized carbons (Fsp3) is 0.636. The van der Waals surface area contributed by atoms with Crippen LogP contribution in [-0.2, 0) is 0 Å². The van der Waals surface area contributed by atoms with Crippen molar-refractivity contribution in [1.82, 2.24) is 0 Å². The van der Waals surface area contributed by atoms with Gasteiger partial charge in [0.2, 0.25) is 0 Å². The maximum absolute atomic E-state index is 2.58. The van der Waals surface area contributed by atoms with Gasteiger partial charge >= 0.3 is 0 Å². The molecule has 0 N–H and O–H groups in total. The zero-order chi connectivity index (χ0) is 28.3.